The number of ether oxygens (including phenoxy) is 1. The average Bonchev–Trinajstić information content (AvgIpc) is 3.39. The molecule has 31 heavy (non-hydrogen) atoms. The number of benzene rings is 1. The van der Waals surface area contributed by atoms with Gasteiger partial charge in [-0.15, -0.1) is 0 Å². The number of fused-ring (bicyclic) bond motifs is 1. The summed E-state index contributed by atoms with van der Waals surface area (Å²) in [5.41, 5.74) is 2.84. The fourth-order valence-corrected chi connectivity index (χ4v) is 4.84. The third-order valence-electron chi connectivity index (χ3n) is 6.41. The lowest BCUT2D eigenvalue weighted by atomic mass is 9.88. The summed E-state index contributed by atoms with van der Waals surface area (Å²) in [5.74, 6) is 0.665. The van der Waals surface area contributed by atoms with E-state index < -0.39 is 13.1 Å². The van der Waals surface area contributed by atoms with Crippen LogP contribution in [0.1, 0.15) is 34.1 Å². The predicted octanol–water partition coefficient (Wildman–Crippen LogP) is 3.01. The number of anilines is 2. The molecule has 2 aliphatic heterocycles. The third kappa shape index (κ3) is 4.01. The summed E-state index contributed by atoms with van der Waals surface area (Å²) in [7, 11) is 0. The highest BCUT2D eigenvalue weighted by Crippen LogP contribution is 2.36. The number of aliphatic hydroxyl groups excluding tert-OH is 1. The Morgan fingerprint density at radius 1 is 1.26 bits per heavy atom. The predicted molar refractivity (Wildman–Crippen MR) is 120 cm³/mol. The van der Waals surface area contributed by atoms with Crippen molar-refractivity contribution in [1.82, 2.24) is 24.6 Å². The summed E-state index contributed by atoms with van der Waals surface area (Å²) in [4.78, 5) is 11.3. The Morgan fingerprint density at radius 2 is 2.10 bits per heavy atom. The minimum Gasteiger partial charge on any atom is -0.389 e. The molecule has 2 aromatic heterocycles. The molecule has 2 aliphatic rings. The number of hydrogen-bond acceptors (Lipinski definition) is 7. The molecule has 8 nitrogen and oxygen atoms in total. The quantitative estimate of drug-likeness (QED) is 0.638. The number of aryl methyl sites for hydroxylation is 1. The molecule has 0 radical (unpaired) electrons. The van der Waals surface area contributed by atoms with E-state index in [1.807, 2.05) is 12.1 Å². The van der Waals surface area contributed by atoms with Gasteiger partial charge in [0.2, 0.25) is 5.95 Å². The standard InChI is InChI=1S/C22H27ClN6O2/c1-13-19(10-25-28(13)2)27-22-24-9-15-7-17(23)16(8-18(15)26-22)14-3-5-29(6-4-14)20-11-31-12-21(20)30/h7-10,14,20-21,30H,3-6,11-12H2,1-2H3,(H,24,26,27)/t20-,21+/m0/s1/i2D3. The molecule has 2 N–H and O–H groups in total. The molecule has 164 valence electrons. The van der Waals surface area contributed by atoms with E-state index in [1.165, 1.54) is 6.20 Å². The maximum atomic E-state index is 10.1. The second-order valence-corrected chi connectivity index (χ2v) is 8.70. The lowest BCUT2D eigenvalue weighted by Crippen LogP contribution is -2.46. The average molecular weight is 446 g/mol. The van der Waals surface area contributed by atoms with Gasteiger partial charge in [0, 0.05) is 27.7 Å². The maximum absolute atomic E-state index is 10.1. The smallest absolute Gasteiger partial charge is 0.227 e. The molecule has 2 atom stereocenters. The maximum Gasteiger partial charge on any atom is 0.227 e. The highest BCUT2D eigenvalue weighted by molar-refractivity contribution is 6.32. The van der Waals surface area contributed by atoms with Crippen molar-refractivity contribution in [3.63, 3.8) is 0 Å². The Bertz CT molecular complexity index is 1200. The zero-order valence-electron chi connectivity index (χ0n) is 20.3. The number of halogens is 1. The van der Waals surface area contributed by atoms with Gasteiger partial charge in [-0.1, -0.05) is 11.6 Å². The molecule has 1 aromatic carbocycles. The first-order valence-electron chi connectivity index (χ1n) is 12.0. The molecule has 2 fully saturated rings. The van der Waals surface area contributed by atoms with E-state index in [1.54, 1.807) is 13.1 Å². The normalized spacial score (nSPS) is 24.8. The summed E-state index contributed by atoms with van der Waals surface area (Å²) in [6, 6.07) is 4.00. The fraction of sp³-hybridized carbons (Fsp3) is 0.500. The second kappa shape index (κ2) is 8.35. The van der Waals surface area contributed by atoms with Crippen LogP contribution in [0.15, 0.2) is 24.5 Å². The summed E-state index contributed by atoms with van der Waals surface area (Å²) in [5, 5.41) is 18.7. The van der Waals surface area contributed by atoms with Crippen molar-refractivity contribution < 1.29 is 14.0 Å². The summed E-state index contributed by atoms with van der Waals surface area (Å²) in [6.45, 7) is 2.09. The van der Waals surface area contributed by atoms with Gasteiger partial charge in [-0.25, -0.2) is 9.97 Å². The number of aromatic nitrogens is 4. The third-order valence-corrected chi connectivity index (χ3v) is 6.74. The molecule has 3 aromatic rings. The fourth-order valence-electron chi connectivity index (χ4n) is 4.52. The Kier molecular flexibility index (Phi) is 4.66. The highest BCUT2D eigenvalue weighted by Gasteiger charge is 2.34. The molecule has 0 bridgehead atoms. The van der Waals surface area contributed by atoms with Gasteiger partial charge in [0.1, 0.15) is 0 Å². The van der Waals surface area contributed by atoms with Crippen LogP contribution < -0.4 is 5.32 Å². The van der Waals surface area contributed by atoms with Crippen LogP contribution in [-0.2, 0) is 11.7 Å². The Morgan fingerprint density at radius 3 is 2.81 bits per heavy atom. The van der Waals surface area contributed by atoms with Gasteiger partial charge < -0.3 is 15.2 Å². The minimum absolute atomic E-state index is 0.0764. The Balaban J connectivity index is 1.35. The molecule has 0 unspecified atom stereocenters. The highest BCUT2D eigenvalue weighted by atomic mass is 35.5. The van der Waals surface area contributed by atoms with Crippen molar-refractivity contribution in [2.75, 3.05) is 31.6 Å². The molecular formula is C22H27ClN6O2. The van der Waals surface area contributed by atoms with E-state index in [0.29, 0.717) is 41.5 Å². The van der Waals surface area contributed by atoms with Gasteiger partial charge in [0.15, 0.2) is 0 Å². The first kappa shape index (κ1) is 17.3. The first-order chi connectivity index (χ1) is 16.2. The van der Waals surface area contributed by atoms with Crippen LogP contribution in [0.2, 0.25) is 5.02 Å². The lowest BCUT2D eigenvalue weighted by Gasteiger charge is -2.36. The van der Waals surface area contributed by atoms with Gasteiger partial charge in [-0.3, -0.25) is 9.58 Å². The molecule has 0 aliphatic carbocycles. The number of nitrogens with one attached hydrogen (secondary N) is 1. The van der Waals surface area contributed by atoms with Gasteiger partial charge in [-0.2, -0.15) is 5.10 Å². The van der Waals surface area contributed by atoms with Crippen molar-refractivity contribution in [2.24, 2.45) is 6.98 Å². The SMILES string of the molecule is [2H]C([2H])([2H])n1ncc(Nc2ncc3cc(Cl)c(C4CCN([C@H]5COC[C@H]5O)CC4)cc3n2)c1C. The number of nitrogens with zero attached hydrogens (tertiary/aromatic N) is 5. The van der Waals surface area contributed by atoms with Crippen LogP contribution in [0.25, 0.3) is 10.9 Å². The van der Waals surface area contributed by atoms with E-state index in [0.717, 1.165) is 47.1 Å². The molecular weight excluding hydrogens is 416 g/mol. The number of rotatable bonds is 4. The number of likely N-dealkylation sites (tertiary alicyclic amines) is 1. The van der Waals surface area contributed by atoms with Gasteiger partial charge in [0.05, 0.1) is 48.5 Å². The van der Waals surface area contributed by atoms with Crippen LogP contribution in [0.3, 0.4) is 0 Å². The van der Waals surface area contributed by atoms with Crippen LogP contribution in [0.5, 0.6) is 0 Å². The summed E-state index contributed by atoms with van der Waals surface area (Å²) >= 11 is 6.65. The van der Waals surface area contributed by atoms with Crippen molar-refractivity contribution in [1.29, 1.82) is 0 Å². The van der Waals surface area contributed by atoms with Crippen LogP contribution in [0, 0.1) is 6.92 Å². The van der Waals surface area contributed by atoms with E-state index in [4.69, 9.17) is 20.5 Å². The molecule has 2 saturated heterocycles. The van der Waals surface area contributed by atoms with Crippen molar-refractivity contribution in [3.8, 4) is 0 Å². The molecule has 9 heteroatoms. The van der Waals surface area contributed by atoms with Crippen molar-refractivity contribution in [3.05, 3.63) is 40.8 Å². The van der Waals surface area contributed by atoms with E-state index in [-0.39, 0.29) is 6.04 Å². The molecule has 0 spiro atoms. The number of piperidine rings is 1. The molecule has 0 saturated carbocycles. The zero-order chi connectivity index (χ0) is 24.0. The Labute approximate surface area is 190 Å². The molecule has 4 heterocycles. The largest absolute Gasteiger partial charge is 0.389 e. The van der Waals surface area contributed by atoms with Crippen molar-refractivity contribution >= 4 is 34.1 Å². The summed E-state index contributed by atoms with van der Waals surface area (Å²) < 4.78 is 29.1. The molecule has 0 amide bonds. The minimum atomic E-state index is -2.35. The Hall–Kier alpha value is -2.26. The van der Waals surface area contributed by atoms with Crippen molar-refractivity contribution in [2.45, 2.75) is 37.8 Å². The topological polar surface area (TPSA) is 88.3 Å². The monoisotopic (exact) mass is 445 g/mol. The first-order valence-corrected chi connectivity index (χ1v) is 10.9. The van der Waals surface area contributed by atoms with E-state index in [2.05, 4.69) is 25.3 Å². The van der Waals surface area contributed by atoms with E-state index in [9.17, 15) is 5.11 Å². The molecule has 5 rings (SSSR count). The van der Waals surface area contributed by atoms with Crippen LogP contribution in [0.4, 0.5) is 11.6 Å². The van der Waals surface area contributed by atoms with Gasteiger partial charge in [0.25, 0.3) is 0 Å². The van der Waals surface area contributed by atoms with Gasteiger partial charge >= 0.3 is 0 Å². The number of hydrogen-bond donors (Lipinski definition) is 2. The van der Waals surface area contributed by atoms with Gasteiger partial charge in [-0.05, 0) is 56.5 Å². The lowest BCUT2D eigenvalue weighted by molar-refractivity contribution is 0.0663. The summed E-state index contributed by atoms with van der Waals surface area (Å²) in [6.07, 6.45) is 4.63. The van der Waals surface area contributed by atoms with E-state index >= 15 is 0 Å². The zero-order valence-corrected chi connectivity index (χ0v) is 18.0. The van der Waals surface area contributed by atoms with Crippen LogP contribution in [-0.4, -0.2) is 68.2 Å². The van der Waals surface area contributed by atoms with Crippen LogP contribution >= 0.6 is 11.6 Å². The second-order valence-electron chi connectivity index (χ2n) is 8.29. The number of aliphatic hydroxyl groups is 1.